The monoisotopic (exact) mass is 527 g/mol. The van der Waals surface area contributed by atoms with Crippen LogP contribution in [-0.2, 0) is 0 Å². The van der Waals surface area contributed by atoms with Crippen molar-refractivity contribution in [3.63, 3.8) is 0 Å². The minimum atomic E-state index is 0.525. The van der Waals surface area contributed by atoms with Gasteiger partial charge < -0.3 is 23.4 Å². The lowest BCUT2D eigenvalue weighted by Gasteiger charge is -2.09. The molecule has 0 saturated heterocycles. The summed E-state index contributed by atoms with van der Waals surface area (Å²) in [6, 6.07) is 6.99. The number of rotatable bonds is 6. The number of ether oxygens (including phenoxy) is 4. The van der Waals surface area contributed by atoms with Crippen molar-refractivity contribution >= 4 is 38.1 Å². The van der Waals surface area contributed by atoms with E-state index in [2.05, 4.69) is 36.8 Å². The molecule has 0 amide bonds. The number of carbonyl (C=O) groups excluding carboxylic acids is 1. The largest absolute Gasteiger partial charge is 0.495 e. The lowest BCUT2D eigenvalue weighted by molar-refractivity contribution is 0.112. The van der Waals surface area contributed by atoms with Crippen LogP contribution in [0.5, 0.6) is 23.0 Å². The van der Waals surface area contributed by atoms with E-state index in [0.717, 1.165) is 16.3 Å². The lowest BCUT2D eigenvalue weighted by atomic mass is 10.1. The molecule has 154 valence electrons. The van der Waals surface area contributed by atoms with Gasteiger partial charge in [0.25, 0.3) is 0 Å². The molecular weight excluding hydrogens is 510 g/mol. The molecule has 0 aliphatic heterocycles. The second-order valence-electron chi connectivity index (χ2n) is 5.42. The second-order valence-corrected chi connectivity index (χ2v) is 7.00. The van der Waals surface area contributed by atoms with E-state index in [9.17, 15) is 4.79 Å². The van der Waals surface area contributed by atoms with Crippen LogP contribution in [0.25, 0.3) is 11.3 Å². The standard InChI is InChI=1S/C11H10BrNO3.C9H9BrO3/c1-14-8-3-7(10-5-13-6-16-10)4-9(15-2)11(8)12;1-12-7-3-6(5-11)4-8(13-2)9(7)10/h3-6H,1-2H3;3-5H,1-2H3. The minimum absolute atomic E-state index is 0.525. The van der Waals surface area contributed by atoms with Gasteiger partial charge in [-0.3, -0.25) is 4.79 Å². The molecule has 0 bridgehead atoms. The Bertz CT molecular complexity index is 910. The molecular formula is C20H19Br2NO6. The SMILES string of the molecule is COc1cc(-c2cnco2)cc(OC)c1Br.COc1cc(C=O)cc(OC)c1Br. The Balaban J connectivity index is 0.000000212. The molecule has 0 radical (unpaired) electrons. The number of aldehydes is 1. The van der Waals surface area contributed by atoms with Crippen molar-refractivity contribution in [2.45, 2.75) is 0 Å². The fourth-order valence-corrected chi connectivity index (χ4v) is 3.43. The Labute approximate surface area is 185 Å². The van der Waals surface area contributed by atoms with E-state index in [0.29, 0.717) is 38.8 Å². The number of hydrogen-bond donors (Lipinski definition) is 0. The van der Waals surface area contributed by atoms with Gasteiger partial charge in [-0.1, -0.05) is 0 Å². The second kappa shape index (κ2) is 10.9. The van der Waals surface area contributed by atoms with Crippen LogP contribution >= 0.6 is 31.9 Å². The molecule has 9 heteroatoms. The Morgan fingerprint density at radius 3 is 1.62 bits per heavy atom. The van der Waals surface area contributed by atoms with Crippen LogP contribution < -0.4 is 18.9 Å². The topological polar surface area (TPSA) is 80.0 Å². The maximum atomic E-state index is 10.5. The predicted molar refractivity (Wildman–Crippen MR) is 115 cm³/mol. The molecule has 1 aromatic heterocycles. The van der Waals surface area contributed by atoms with Crippen molar-refractivity contribution in [1.29, 1.82) is 0 Å². The highest BCUT2D eigenvalue weighted by Crippen LogP contribution is 2.38. The van der Waals surface area contributed by atoms with Crippen molar-refractivity contribution in [3.05, 3.63) is 51.4 Å². The summed E-state index contributed by atoms with van der Waals surface area (Å²) in [6.07, 6.45) is 3.77. The molecule has 7 nitrogen and oxygen atoms in total. The van der Waals surface area contributed by atoms with E-state index in [1.54, 1.807) is 32.5 Å². The van der Waals surface area contributed by atoms with E-state index < -0.39 is 0 Å². The maximum Gasteiger partial charge on any atom is 0.181 e. The summed E-state index contributed by atoms with van der Waals surface area (Å²) in [5.74, 6) is 3.21. The van der Waals surface area contributed by atoms with Crippen molar-refractivity contribution < 1.29 is 28.2 Å². The molecule has 0 unspecified atom stereocenters. The van der Waals surface area contributed by atoms with E-state index in [1.807, 2.05) is 12.1 Å². The van der Waals surface area contributed by atoms with Crippen molar-refractivity contribution in [2.24, 2.45) is 0 Å². The number of methoxy groups -OCH3 is 4. The number of aromatic nitrogens is 1. The molecule has 29 heavy (non-hydrogen) atoms. The number of oxazole rings is 1. The van der Waals surface area contributed by atoms with E-state index >= 15 is 0 Å². The van der Waals surface area contributed by atoms with Gasteiger partial charge in [0.1, 0.15) is 38.2 Å². The molecule has 0 aliphatic rings. The van der Waals surface area contributed by atoms with Crippen molar-refractivity contribution in [3.8, 4) is 34.3 Å². The Hall–Kier alpha value is -2.52. The van der Waals surface area contributed by atoms with E-state index in [4.69, 9.17) is 23.4 Å². The maximum absolute atomic E-state index is 10.5. The molecule has 3 aromatic rings. The number of halogens is 2. The first-order valence-corrected chi connectivity index (χ1v) is 9.74. The number of benzene rings is 2. The van der Waals surface area contributed by atoms with Gasteiger partial charge in [-0.25, -0.2) is 4.98 Å². The van der Waals surface area contributed by atoms with Gasteiger partial charge in [0, 0.05) is 11.1 Å². The first kappa shape index (κ1) is 22.8. The molecule has 0 spiro atoms. The molecule has 1 heterocycles. The average Bonchev–Trinajstić information content (AvgIpc) is 3.29. The van der Waals surface area contributed by atoms with Crippen LogP contribution in [0.3, 0.4) is 0 Å². The van der Waals surface area contributed by atoms with Gasteiger partial charge in [0.15, 0.2) is 12.2 Å². The highest BCUT2D eigenvalue weighted by atomic mass is 79.9. The van der Waals surface area contributed by atoms with Gasteiger partial charge in [-0.05, 0) is 56.1 Å². The molecule has 3 rings (SSSR count). The fraction of sp³-hybridized carbons (Fsp3) is 0.200. The first-order valence-electron chi connectivity index (χ1n) is 8.16. The zero-order valence-electron chi connectivity index (χ0n) is 16.2. The van der Waals surface area contributed by atoms with Gasteiger partial charge in [0.05, 0.1) is 34.6 Å². The van der Waals surface area contributed by atoms with Gasteiger partial charge in [-0.15, -0.1) is 0 Å². The van der Waals surface area contributed by atoms with Crippen LogP contribution in [0, 0.1) is 0 Å². The predicted octanol–water partition coefficient (Wildman–Crippen LogP) is 5.40. The zero-order valence-corrected chi connectivity index (χ0v) is 19.4. The smallest absolute Gasteiger partial charge is 0.181 e. The summed E-state index contributed by atoms with van der Waals surface area (Å²) in [6.45, 7) is 0. The van der Waals surface area contributed by atoms with Crippen LogP contribution in [0.15, 0.2) is 50.2 Å². The first-order chi connectivity index (χ1) is 14.0. The zero-order chi connectivity index (χ0) is 21.4. The van der Waals surface area contributed by atoms with Gasteiger partial charge in [-0.2, -0.15) is 0 Å². The normalized spacial score (nSPS) is 9.86. The van der Waals surface area contributed by atoms with E-state index in [1.165, 1.54) is 20.6 Å². The van der Waals surface area contributed by atoms with Crippen LogP contribution in [0.4, 0.5) is 0 Å². The molecule has 0 fully saturated rings. The molecule has 0 aliphatic carbocycles. The van der Waals surface area contributed by atoms with Crippen LogP contribution in [0.1, 0.15) is 10.4 Å². The summed E-state index contributed by atoms with van der Waals surface area (Å²) in [4.78, 5) is 14.4. The quantitative estimate of drug-likeness (QED) is 0.396. The number of hydrogen-bond acceptors (Lipinski definition) is 7. The highest BCUT2D eigenvalue weighted by Gasteiger charge is 2.12. The molecule has 2 aromatic carbocycles. The third-order valence-electron chi connectivity index (χ3n) is 3.77. The van der Waals surface area contributed by atoms with Gasteiger partial charge >= 0.3 is 0 Å². The highest BCUT2D eigenvalue weighted by molar-refractivity contribution is 9.11. The van der Waals surface area contributed by atoms with Crippen LogP contribution in [0.2, 0.25) is 0 Å². The van der Waals surface area contributed by atoms with Crippen molar-refractivity contribution in [2.75, 3.05) is 28.4 Å². The average molecular weight is 529 g/mol. The Morgan fingerprint density at radius 2 is 1.28 bits per heavy atom. The molecule has 0 atom stereocenters. The number of carbonyl (C=O) groups is 1. The summed E-state index contributed by atoms with van der Waals surface area (Å²) in [5.41, 5.74) is 1.38. The third-order valence-corrected chi connectivity index (χ3v) is 5.33. The fourth-order valence-electron chi connectivity index (χ4n) is 2.33. The number of nitrogens with zero attached hydrogens (tertiary/aromatic N) is 1. The minimum Gasteiger partial charge on any atom is -0.495 e. The van der Waals surface area contributed by atoms with E-state index in [-0.39, 0.29) is 0 Å². The van der Waals surface area contributed by atoms with Crippen molar-refractivity contribution in [1.82, 2.24) is 4.98 Å². The third kappa shape index (κ3) is 5.51. The Morgan fingerprint density at radius 1 is 0.828 bits per heavy atom. The Kier molecular flexibility index (Phi) is 8.53. The molecule has 0 N–H and O–H groups in total. The van der Waals surface area contributed by atoms with Crippen LogP contribution in [-0.4, -0.2) is 39.7 Å². The summed E-state index contributed by atoms with van der Waals surface area (Å²) in [7, 11) is 6.27. The summed E-state index contributed by atoms with van der Waals surface area (Å²) >= 11 is 6.70. The molecule has 0 saturated carbocycles. The summed E-state index contributed by atoms with van der Waals surface area (Å²) < 4.78 is 27.3. The lowest BCUT2D eigenvalue weighted by Crippen LogP contribution is -1.92. The van der Waals surface area contributed by atoms with Gasteiger partial charge in [0.2, 0.25) is 0 Å². The summed E-state index contributed by atoms with van der Waals surface area (Å²) in [5, 5.41) is 0.